The van der Waals surface area contributed by atoms with Gasteiger partial charge in [-0.05, 0) is 37.5 Å². The molecule has 0 radical (unpaired) electrons. The first-order valence-electron chi connectivity index (χ1n) is 8.34. The Morgan fingerprint density at radius 3 is 2.84 bits per heavy atom. The van der Waals surface area contributed by atoms with Gasteiger partial charge in [0.1, 0.15) is 11.9 Å². The molecule has 0 N–H and O–H groups in total. The molecule has 4 rings (SSSR count). The van der Waals surface area contributed by atoms with Crippen LogP contribution in [-0.2, 0) is 10.2 Å². The Balaban J connectivity index is 1.74. The summed E-state index contributed by atoms with van der Waals surface area (Å²) in [7, 11) is 0. The minimum Gasteiger partial charge on any atom is -0.381 e. The molecular weight excluding hydrogens is 323 g/mol. The zero-order chi connectivity index (χ0) is 17.3. The summed E-state index contributed by atoms with van der Waals surface area (Å²) in [5.41, 5.74) is 0.370. The SMILES string of the molecule is CC(c1nc(C2(c3cccc(F)c3)CCOCC2)no1)n1ccnc1. The first-order chi connectivity index (χ1) is 12.2. The Bertz CT molecular complexity index is 840. The molecule has 1 unspecified atom stereocenters. The second-order valence-corrected chi connectivity index (χ2v) is 6.35. The lowest BCUT2D eigenvalue weighted by Crippen LogP contribution is -2.36. The lowest BCUT2D eigenvalue weighted by molar-refractivity contribution is 0.0596. The van der Waals surface area contributed by atoms with E-state index in [1.54, 1.807) is 24.7 Å². The van der Waals surface area contributed by atoms with Crippen LogP contribution in [0.3, 0.4) is 0 Å². The monoisotopic (exact) mass is 342 g/mol. The molecule has 2 aromatic heterocycles. The van der Waals surface area contributed by atoms with Gasteiger partial charge in [0.05, 0.1) is 11.7 Å². The van der Waals surface area contributed by atoms with Gasteiger partial charge in [0.15, 0.2) is 5.82 Å². The van der Waals surface area contributed by atoms with Crippen LogP contribution in [0, 0.1) is 5.82 Å². The van der Waals surface area contributed by atoms with Crippen molar-refractivity contribution in [2.45, 2.75) is 31.2 Å². The van der Waals surface area contributed by atoms with E-state index in [-0.39, 0.29) is 11.9 Å². The van der Waals surface area contributed by atoms with E-state index in [2.05, 4.69) is 15.1 Å². The highest BCUT2D eigenvalue weighted by molar-refractivity contribution is 5.33. The maximum Gasteiger partial charge on any atom is 0.249 e. The maximum atomic E-state index is 13.8. The molecule has 0 saturated carbocycles. The predicted molar refractivity (Wildman–Crippen MR) is 87.6 cm³/mol. The quantitative estimate of drug-likeness (QED) is 0.729. The van der Waals surface area contributed by atoms with Crippen molar-refractivity contribution in [3.05, 3.63) is 66.1 Å². The molecule has 7 heteroatoms. The van der Waals surface area contributed by atoms with Crippen LogP contribution in [-0.4, -0.2) is 32.9 Å². The molecule has 3 aromatic rings. The van der Waals surface area contributed by atoms with Gasteiger partial charge < -0.3 is 13.8 Å². The van der Waals surface area contributed by atoms with Crippen LogP contribution >= 0.6 is 0 Å². The van der Waals surface area contributed by atoms with Crippen LogP contribution in [0.25, 0.3) is 0 Å². The van der Waals surface area contributed by atoms with E-state index < -0.39 is 5.41 Å². The van der Waals surface area contributed by atoms with Crippen LogP contribution in [0.15, 0.2) is 47.5 Å². The molecule has 0 amide bonds. The second-order valence-electron chi connectivity index (χ2n) is 6.35. The van der Waals surface area contributed by atoms with Gasteiger partial charge in [-0.2, -0.15) is 4.98 Å². The summed E-state index contributed by atoms with van der Waals surface area (Å²) in [6.45, 7) is 3.13. The second kappa shape index (κ2) is 6.40. The van der Waals surface area contributed by atoms with Gasteiger partial charge in [0.2, 0.25) is 5.89 Å². The van der Waals surface area contributed by atoms with Crippen LogP contribution < -0.4 is 0 Å². The van der Waals surface area contributed by atoms with Gasteiger partial charge in [-0.1, -0.05) is 17.3 Å². The van der Waals surface area contributed by atoms with Gasteiger partial charge in [-0.25, -0.2) is 9.37 Å². The first-order valence-corrected chi connectivity index (χ1v) is 8.34. The maximum absolute atomic E-state index is 13.8. The zero-order valence-electron chi connectivity index (χ0n) is 13.9. The number of hydrogen-bond acceptors (Lipinski definition) is 5. The third-order valence-electron chi connectivity index (χ3n) is 4.92. The summed E-state index contributed by atoms with van der Waals surface area (Å²) < 4.78 is 26.8. The highest BCUT2D eigenvalue weighted by atomic mass is 19.1. The molecule has 0 spiro atoms. The first kappa shape index (κ1) is 16.0. The molecule has 1 fully saturated rings. The Kier molecular flexibility index (Phi) is 4.09. The number of hydrogen-bond donors (Lipinski definition) is 0. The molecule has 0 bridgehead atoms. The molecule has 1 aliphatic heterocycles. The summed E-state index contributed by atoms with van der Waals surface area (Å²) in [5.74, 6) is 0.831. The molecule has 25 heavy (non-hydrogen) atoms. The van der Waals surface area contributed by atoms with E-state index in [9.17, 15) is 4.39 Å². The van der Waals surface area contributed by atoms with Crippen molar-refractivity contribution in [2.24, 2.45) is 0 Å². The topological polar surface area (TPSA) is 66.0 Å². The van der Waals surface area contributed by atoms with Crippen LogP contribution in [0.1, 0.15) is 43.1 Å². The highest BCUT2D eigenvalue weighted by Gasteiger charge is 2.41. The number of rotatable bonds is 4. The van der Waals surface area contributed by atoms with E-state index in [0.717, 1.165) is 5.56 Å². The Labute approximate surface area is 144 Å². The third kappa shape index (κ3) is 2.84. The lowest BCUT2D eigenvalue weighted by atomic mass is 9.73. The van der Waals surface area contributed by atoms with Crippen molar-refractivity contribution >= 4 is 0 Å². The number of benzene rings is 1. The molecule has 3 heterocycles. The van der Waals surface area contributed by atoms with Crippen molar-refractivity contribution in [3.8, 4) is 0 Å². The van der Waals surface area contributed by atoms with Crippen LogP contribution in [0.4, 0.5) is 4.39 Å². The minimum absolute atomic E-state index is 0.117. The molecular formula is C18H19FN4O2. The summed E-state index contributed by atoms with van der Waals surface area (Å²) in [6, 6.07) is 6.52. The number of nitrogens with zero attached hydrogens (tertiary/aromatic N) is 4. The lowest BCUT2D eigenvalue weighted by Gasteiger charge is -2.34. The summed E-state index contributed by atoms with van der Waals surface area (Å²) >= 11 is 0. The van der Waals surface area contributed by atoms with E-state index in [4.69, 9.17) is 9.26 Å². The summed E-state index contributed by atoms with van der Waals surface area (Å²) in [4.78, 5) is 8.71. The fraction of sp³-hybridized carbons (Fsp3) is 0.389. The van der Waals surface area contributed by atoms with Gasteiger partial charge in [-0.15, -0.1) is 0 Å². The Morgan fingerprint density at radius 1 is 1.28 bits per heavy atom. The fourth-order valence-corrected chi connectivity index (χ4v) is 3.37. The van der Waals surface area contributed by atoms with E-state index in [1.807, 2.05) is 23.8 Å². The number of ether oxygens (including phenoxy) is 1. The summed E-state index contributed by atoms with van der Waals surface area (Å²) in [6.07, 6.45) is 6.65. The van der Waals surface area contributed by atoms with E-state index in [0.29, 0.717) is 37.8 Å². The average Bonchev–Trinajstić information content (AvgIpc) is 3.34. The molecule has 1 aromatic carbocycles. The van der Waals surface area contributed by atoms with Crippen molar-refractivity contribution in [1.82, 2.24) is 19.7 Å². The van der Waals surface area contributed by atoms with Crippen LogP contribution in [0.2, 0.25) is 0 Å². The standard InChI is InChI=1S/C18H19FN4O2/c1-13(23-8-7-20-12-23)16-21-17(22-25-16)18(5-9-24-10-6-18)14-3-2-4-15(19)11-14/h2-4,7-8,11-13H,5-6,9-10H2,1H3. The largest absolute Gasteiger partial charge is 0.381 e. The molecule has 0 aliphatic carbocycles. The van der Waals surface area contributed by atoms with Gasteiger partial charge in [0, 0.05) is 25.6 Å². The van der Waals surface area contributed by atoms with Crippen molar-refractivity contribution in [2.75, 3.05) is 13.2 Å². The number of imidazole rings is 1. The Hall–Kier alpha value is -2.54. The zero-order valence-corrected chi connectivity index (χ0v) is 13.9. The van der Waals surface area contributed by atoms with Gasteiger partial charge in [-0.3, -0.25) is 0 Å². The van der Waals surface area contributed by atoms with Gasteiger partial charge >= 0.3 is 0 Å². The van der Waals surface area contributed by atoms with E-state index in [1.165, 1.54) is 6.07 Å². The number of halogens is 1. The smallest absolute Gasteiger partial charge is 0.249 e. The summed E-state index contributed by atoms with van der Waals surface area (Å²) in [5, 5.41) is 4.25. The van der Waals surface area contributed by atoms with Crippen molar-refractivity contribution in [3.63, 3.8) is 0 Å². The Morgan fingerprint density at radius 2 is 2.12 bits per heavy atom. The third-order valence-corrected chi connectivity index (χ3v) is 4.92. The van der Waals surface area contributed by atoms with Crippen LogP contribution in [0.5, 0.6) is 0 Å². The normalized spacial score (nSPS) is 18.2. The van der Waals surface area contributed by atoms with Crippen molar-refractivity contribution < 1.29 is 13.7 Å². The molecule has 6 nitrogen and oxygen atoms in total. The van der Waals surface area contributed by atoms with Gasteiger partial charge in [0.25, 0.3) is 0 Å². The van der Waals surface area contributed by atoms with E-state index >= 15 is 0 Å². The number of aromatic nitrogens is 4. The minimum atomic E-state index is -0.489. The molecule has 1 saturated heterocycles. The molecule has 130 valence electrons. The predicted octanol–water partition coefficient (Wildman–Crippen LogP) is 3.11. The highest BCUT2D eigenvalue weighted by Crippen LogP contribution is 2.40. The molecule has 1 aliphatic rings. The molecule has 1 atom stereocenters. The average molecular weight is 342 g/mol. The van der Waals surface area contributed by atoms with Crippen molar-refractivity contribution in [1.29, 1.82) is 0 Å². The fourth-order valence-electron chi connectivity index (χ4n) is 3.37.